The van der Waals surface area contributed by atoms with Crippen molar-refractivity contribution in [3.8, 4) is 0 Å². The molecule has 5 nitrogen and oxygen atoms in total. The summed E-state index contributed by atoms with van der Waals surface area (Å²) in [5.74, 6) is -0.00763. The fourth-order valence-electron chi connectivity index (χ4n) is 3.29. The Morgan fingerprint density at radius 2 is 1.89 bits per heavy atom. The number of hydrogen-bond acceptors (Lipinski definition) is 3. The minimum absolute atomic E-state index is 0.0279. The van der Waals surface area contributed by atoms with Crippen LogP contribution in [0.2, 0.25) is 0 Å². The largest absolute Gasteiger partial charge is 0.350 e. The molecule has 2 aromatic rings. The molecule has 1 heterocycles. The number of nitrogens with one attached hydrogen (secondary N) is 1. The molecule has 1 aliphatic heterocycles. The van der Waals surface area contributed by atoms with Gasteiger partial charge in [-0.05, 0) is 56.4 Å². The maximum absolute atomic E-state index is 12.6. The maximum Gasteiger partial charge on any atom is 0.251 e. The number of benzene rings is 2. The summed E-state index contributed by atoms with van der Waals surface area (Å²) in [6.07, 6.45) is 3.27. The zero-order valence-electron chi connectivity index (χ0n) is 15.6. The van der Waals surface area contributed by atoms with Crippen molar-refractivity contribution in [2.75, 3.05) is 16.6 Å². The van der Waals surface area contributed by atoms with Gasteiger partial charge in [-0.1, -0.05) is 36.4 Å². The van der Waals surface area contributed by atoms with E-state index in [-0.39, 0.29) is 17.7 Å². The normalized spacial score (nSPS) is 17.3. The quantitative estimate of drug-likeness (QED) is 0.828. The van der Waals surface area contributed by atoms with E-state index in [1.54, 1.807) is 24.3 Å². The second-order valence-corrected chi connectivity index (χ2v) is 9.06. The third kappa shape index (κ3) is 5.10. The second-order valence-electron chi connectivity index (χ2n) is 7.04. The van der Waals surface area contributed by atoms with E-state index in [0.717, 1.165) is 19.3 Å². The first kappa shape index (κ1) is 19.4. The average molecular weight is 387 g/mol. The molecule has 2 aromatic carbocycles. The Labute approximate surface area is 161 Å². The summed E-state index contributed by atoms with van der Waals surface area (Å²) in [6, 6.07) is 17.1. The molecule has 1 amide bonds. The molecule has 0 saturated carbocycles. The highest BCUT2D eigenvalue weighted by molar-refractivity contribution is 7.92. The number of carbonyl (C=O) groups is 1. The summed E-state index contributed by atoms with van der Waals surface area (Å²) in [5.41, 5.74) is 2.30. The Kier molecular flexibility index (Phi) is 6.16. The van der Waals surface area contributed by atoms with Crippen LogP contribution in [0.1, 0.15) is 42.1 Å². The third-order valence-electron chi connectivity index (χ3n) is 4.83. The molecule has 27 heavy (non-hydrogen) atoms. The summed E-state index contributed by atoms with van der Waals surface area (Å²) >= 11 is 0. The number of anilines is 1. The van der Waals surface area contributed by atoms with E-state index in [1.807, 2.05) is 25.1 Å². The van der Waals surface area contributed by atoms with E-state index in [0.29, 0.717) is 24.2 Å². The smallest absolute Gasteiger partial charge is 0.251 e. The summed E-state index contributed by atoms with van der Waals surface area (Å²) in [4.78, 5) is 12.6. The number of rotatable bonds is 6. The molecule has 0 aliphatic carbocycles. The van der Waals surface area contributed by atoms with Gasteiger partial charge in [0.2, 0.25) is 10.0 Å². The van der Waals surface area contributed by atoms with Crippen LogP contribution in [0.3, 0.4) is 0 Å². The van der Waals surface area contributed by atoms with Crippen molar-refractivity contribution in [3.63, 3.8) is 0 Å². The Morgan fingerprint density at radius 1 is 1.11 bits per heavy atom. The third-order valence-corrected chi connectivity index (χ3v) is 6.70. The zero-order valence-corrected chi connectivity index (χ0v) is 16.4. The van der Waals surface area contributed by atoms with Crippen LogP contribution in [0.15, 0.2) is 54.6 Å². The predicted molar refractivity (Wildman–Crippen MR) is 109 cm³/mol. The summed E-state index contributed by atoms with van der Waals surface area (Å²) in [7, 11) is -3.28. The van der Waals surface area contributed by atoms with E-state index >= 15 is 0 Å². The van der Waals surface area contributed by atoms with Crippen LogP contribution in [-0.2, 0) is 16.4 Å². The zero-order chi connectivity index (χ0) is 19.3. The van der Waals surface area contributed by atoms with Crippen LogP contribution in [0.25, 0.3) is 0 Å². The SMILES string of the molecule is CC(CCc1ccccc1)NC(=O)c1cccc(N2CCCCS2(=O)=O)c1. The molecular weight excluding hydrogens is 360 g/mol. The lowest BCUT2D eigenvalue weighted by Crippen LogP contribution is -2.38. The van der Waals surface area contributed by atoms with Gasteiger partial charge in [0.05, 0.1) is 11.4 Å². The van der Waals surface area contributed by atoms with E-state index in [4.69, 9.17) is 0 Å². The van der Waals surface area contributed by atoms with Crippen LogP contribution in [0, 0.1) is 0 Å². The van der Waals surface area contributed by atoms with E-state index in [1.165, 1.54) is 9.87 Å². The first-order valence-corrected chi connectivity index (χ1v) is 11.0. The lowest BCUT2D eigenvalue weighted by molar-refractivity contribution is 0.0938. The van der Waals surface area contributed by atoms with Gasteiger partial charge in [0.25, 0.3) is 5.91 Å². The molecule has 0 aromatic heterocycles. The van der Waals surface area contributed by atoms with Crippen LogP contribution in [0.5, 0.6) is 0 Å². The topological polar surface area (TPSA) is 66.5 Å². The van der Waals surface area contributed by atoms with Gasteiger partial charge in [-0.25, -0.2) is 8.42 Å². The number of hydrogen-bond donors (Lipinski definition) is 1. The Morgan fingerprint density at radius 3 is 2.63 bits per heavy atom. The molecular formula is C21H26N2O3S. The Hall–Kier alpha value is -2.34. The number of sulfonamides is 1. The van der Waals surface area contributed by atoms with Crippen molar-refractivity contribution in [2.45, 2.75) is 38.6 Å². The standard InChI is InChI=1S/C21H26N2O3S/c1-17(12-13-18-8-3-2-4-9-18)22-21(24)19-10-7-11-20(16-19)23-14-5-6-15-27(23,25)26/h2-4,7-11,16-17H,5-6,12-15H2,1H3,(H,22,24). The average Bonchev–Trinajstić information content (AvgIpc) is 2.67. The predicted octanol–water partition coefficient (Wildman–Crippen LogP) is 3.37. The van der Waals surface area contributed by atoms with Gasteiger partial charge in [0.1, 0.15) is 0 Å². The van der Waals surface area contributed by atoms with Gasteiger partial charge in [-0.3, -0.25) is 9.10 Å². The molecule has 144 valence electrons. The summed E-state index contributed by atoms with van der Waals surface area (Å²) < 4.78 is 26.0. The van der Waals surface area contributed by atoms with Crippen molar-refractivity contribution < 1.29 is 13.2 Å². The summed E-state index contributed by atoms with van der Waals surface area (Å²) in [6.45, 7) is 2.46. The fourth-order valence-corrected chi connectivity index (χ4v) is 4.92. The number of carbonyl (C=O) groups excluding carboxylic acids is 1. The van der Waals surface area contributed by atoms with E-state index in [2.05, 4.69) is 17.4 Å². The van der Waals surface area contributed by atoms with Crippen molar-refractivity contribution in [1.82, 2.24) is 5.32 Å². The Balaban J connectivity index is 1.63. The van der Waals surface area contributed by atoms with Gasteiger partial charge >= 0.3 is 0 Å². The monoisotopic (exact) mass is 386 g/mol. The summed E-state index contributed by atoms with van der Waals surface area (Å²) in [5, 5.41) is 3.01. The number of aryl methyl sites for hydroxylation is 1. The molecule has 0 bridgehead atoms. The number of amides is 1. The van der Waals surface area contributed by atoms with Crippen molar-refractivity contribution >= 4 is 21.6 Å². The molecule has 0 spiro atoms. The molecule has 1 unspecified atom stereocenters. The van der Waals surface area contributed by atoms with Gasteiger partial charge < -0.3 is 5.32 Å². The highest BCUT2D eigenvalue weighted by Gasteiger charge is 2.26. The lowest BCUT2D eigenvalue weighted by atomic mass is 10.1. The van der Waals surface area contributed by atoms with Crippen LogP contribution in [0.4, 0.5) is 5.69 Å². The van der Waals surface area contributed by atoms with Crippen molar-refractivity contribution in [3.05, 3.63) is 65.7 Å². The molecule has 6 heteroatoms. The highest BCUT2D eigenvalue weighted by atomic mass is 32.2. The highest BCUT2D eigenvalue weighted by Crippen LogP contribution is 2.24. The van der Waals surface area contributed by atoms with Crippen LogP contribution < -0.4 is 9.62 Å². The van der Waals surface area contributed by atoms with Gasteiger partial charge in [-0.2, -0.15) is 0 Å². The first-order chi connectivity index (χ1) is 13.0. The minimum atomic E-state index is -3.28. The molecule has 1 aliphatic rings. The molecule has 1 N–H and O–H groups in total. The molecule has 1 fully saturated rings. The van der Waals surface area contributed by atoms with Gasteiger partial charge in [0, 0.05) is 18.2 Å². The molecule has 0 radical (unpaired) electrons. The minimum Gasteiger partial charge on any atom is -0.350 e. The van der Waals surface area contributed by atoms with Gasteiger partial charge in [0.15, 0.2) is 0 Å². The second kappa shape index (κ2) is 8.57. The molecule has 1 saturated heterocycles. The maximum atomic E-state index is 12.6. The van der Waals surface area contributed by atoms with Crippen molar-refractivity contribution in [1.29, 1.82) is 0 Å². The van der Waals surface area contributed by atoms with Crippen molar-refractivity contribution in [2.24, 2.45) is 0 Å². The molecule has 3 rings (SSSR count). The number of nitrogens with zero attached hydrogens (tertiary/aromatic N) is 1. The van der Waals surface area contributed by atoms with Gasteiger partial charge in [-0.15, -0.1) is 0 Å². The Bertz CT molecular complexity index is 881. The lowest BCUT2D eigenvalue weighted by Gasteiger charge is -2.28. The molecule has 1 atom stereocenters. The van der Waals surface area contributed by atoms with Crippen LogP contribution >= 0.6 is 0 Å². The van der Waals surface area contributed by atoms with E-state index in [9.17, 15) is 13.2 Å². The fraction of sp³-hybridized carbons (Fsp3) is 0.381. The van der Waals surface area contributed by atoms with Crippen LogP contribution in [-0.4, -0.2) is 32.7 Å². The van der Waals surface area contributed by atoms with E-state index < -0.39 is 10.0 Å². The first-order valence-electron chi connectivity index (χ1n) is 9.41.